The first kappa shape index (κ1) is 13.6. The molecule has 0 unspecified atom stereocenters. The average molecular weight is 308 g/mol. The van der Waals surface area contributed by atoms with E-state index in [9.17, 15) is 8.42 Å². The molecule has 98 valence electrons. The highest BCUT2D eigenvalue weighted by Crippen LogP contribution is 2.29. The first-order chi connectivity index (χ1) is 8.34. The zero-order valence-electron chi connectivity index (χ0n) is 10.00. The van der Waals surface area contributed by atoms with Crippen LogP contribution in [0.2, 0.25) is 10.0 Å². The maximum atomic E-state index is 12.5. The van der Waals surface area contributed by atoms with Crippen LogP contribution in [-0.4, -0.2) is 31.3 Å². The molecule has 1 heterocycles. The van der Waals surface area contributed by atoms with Crippen molar-refractivity contribution in [2.24, 2.45) is 0 Å². The lowest BCUT2D eigenvalue weighted by Crippen LogP contribution is -2.25. The summed E-state index contributed by atoms with van der Waals surface area (Å²) in [5.41, 5.74) is 0.685. The molecule has 1 aromatic rings. The van der Waals surface area contributed by atoms with E-state index in [0.29, 0.717) is 29.5 Å². The SMILES string of the molecule is CC1=[N+](S(=O)(=O)c2cc(C)c(Cl)cc2Cl)CCN1. The average Bonchev–Trinajstić information content (AvgIpc) is 2.70. The van der Waals surface area contributed by atoms with Crippen LogP contribution in [0, 0.1) is 6.92 Å². The number of aryl methyl sites for hydroxylation is 1. The summed E-state index contributed by atoms with van der Waals surface area (Å²) in [5.74, 6) is 0.610. The van der Waals surface area contributed by atoms with Crippen LogP contribution in [0.5, 0.6) is 0 Å². The maximum absolute atomic E-state index is 12.5. The number of nitrogens with one attached hydrogen (secondary N) is 1. The zero-order valence-corrected chi connectivity index (χ0v) is 12.3. The van der Waals surface area contributed by atoms with Crippen LogP contribution in [0.15, 0.2) is 17.0 Å². The van der Waals surface area contributed by atoms with Crippen LogP contribution in [0.25, 0.3) is 0 Å². The highest BCUT2D eigenvalue weighted by Gasteiger charge is 2.32. The van der Waals surface area contributed by atoms with Gasteiger partial charge in [0.25, 0.3) is 5.84 Å². The van der Waals surface area contributed by atoms with Gasteiger partial charge in [-0.2, -0.15) is 8.42 Å². The van der Waals surface area contributed by atoms with Gasteiger partial charge in [-0.3, -0.25) is 5.32 Å². The predicted molar refractivity (Wildman–Crippen MR) is 72.2 cm³/mol. The molecule has 0 spiro atoms. The van der Waals surface area contributed by atoms with E-state index in [1.807, 2.05) is 0 Å². The Balaban J connectivity index is 2.62. The Morgan fingerprint density at radius 3 is 2.44 bits per heavy atom. The zero-order chi connectivity index (χ0) is 13.5. The van der Waals surface area contributed by atoms with E-state index in [1.54, 1.807) is 13.8 Å². The van der Waals surface area contributed by atoms with Crippen LogP contribution in [0.4, 0.5) is 0 Å². The first-order valence-corrected chi connectivity index (χ1v) is 7.59. The summed E-state index contributed by atoms with van der Waals surface area (Å²) in [6.07, 6.45) is 0. The van der Waals surface area contributed by atoms with Gasteiger partial charge in [-0.25, -0.2) is 0 Å². The van der Waals surface area contributed by atoms with Gasteiger partial charge >= 0.3 is 10.0 Å². The molecular formula is C11H13Cl2N2O2S+. The molecule has 0 saturated carbocycles. The Morgan fingerprint density at radius 2 is 1.89 bits per heavy atom. The van der Waals surface area contributed by atoms with E-state index in [2.05, 4.69) is 5.32 Å². The van der Waals surface area contributed by atoms with Gasteiger partial charge in [0, 0.05) is 11.9 Å². The maximum Gasteiger partial charge on any atom is 0.332 e. The fraction of sp³-hybridized carbons (Fsp3) is 0.364. The molecule has 18 heavy (non-hydrogen) atoms. The Kier molecular flexibility index (Phi) is 3.58. The van der Waals surface area contributed by atoms with Crippen molar-refractivity contribution in [1.29, 1.82) is 0 Å². The summed E-state index contributed by atoms with van der Waals surface area (Å²) in [5, 5.41) is 3.59. The van der Waals surface area contributed by atoms with Gasteiger partial charge in [0.1, 0.15) is 18.0 Å². The lowest BCUT2D eigenvalue weighted by Gasteiger charge is -2.08. The van der Waals surface area contributed by atoms with E-state index in [-0.39, 0.29) is 9.92 Å². The number of nitrogens with zero attached hydrogens (tertiary/aromatic N) is 1. The van der Waals surface area contributed by atoms with Crippen molar-refractivity contribution in [2.75, 3.05) is 13.1 Å². The molecule has 0 fully saturated rings. The van der Waals surface area contributed by atoms with Gasteiger partial charge in [-0.05, 0) is 24.6 Å². The summed E-state index contributed by atoms with van der Waals surface area (Å²) in [7, 11) is -3.61. The molecule has 2 rings (SSSR count). The third kappa shape index (κ3) is 2.22. The van der Waals surface area contributed by atoms with E-state index in [1.165, 1.54) is 16.1 Å². The summed E-state index contributed by atoms with van der Waals surface area (Å²) in [6.45, 7) is 4.49. The summed E-state index contributed by atoms with van der Waals surface area (Å²) in [6, 6.07) is 2.97. The number of hydrogen-bond acceptors (Lipinski definition) is 3. The molecule has 0 aromatic heterocycles. The molecule has 0 saturated heterocycles. The minimum atomic E-state index is -3.61. The van der Waals surface area contributed by atoms with Crippen LogP contribution >= 0.6 is 23.2 Å². The Labute approximate surface area is 116 Å². The van der Waals surface area contributed by atoms with Gasteiger partial charge in [-0.1, -0.05) is 23.2 Å². The second kappa shape index (κ2) is 4.72. The Bertz CT molecular complexity index is 639. The van der Waals surface area contributed by atoms with Crippen LogP contribution in [0.1, 0.15) is 12.5 Å². The molecule has 1 aliphatic rings. The smallest absolute Gasteiger partial charge is 0.274 e. The molecule has 1 aromatic carbocycles. The minimum Gasteiger partial charge on any atom is -0.274 e. The molecule has 0 bridgehead atoms. The molecule has 1 N–H and O–H groups in total. The number of rotatable bonds is 2. The van der Waals surface area contributed by atoms with E-state index in [0.717, 1.165) is 0 Å². The fourth-order valence-corrected chi connectivity index (χ4v) is 4.14. The molecule has 0 atom stereocenters. The second-order valence-electron chi connectivity index (χ2n) is 4.12. The molecule has 1 aliphatic heterocycles. The van der Waals surface area contributed by atoms with Crippen LogP contribution < -0.4 is 5.32 Å². The van der Waals surface area contributed by atoms with Crippen molar-refractivity contribution in [3.8, 4) is 0 Å². The normalized spacial score (nSPS) is 16.0. The van der Waals surface area contributed by atoms with Crippen LogP contribution in [-0.2, 0) is 10.0 Å². The van der Waals surface area contributed by atoms with E-state index >= 15 is 0 Å². The third-order valence-electron chi connectivity index (χ3n) is 2.85. The number of hydrogen-bond donors (Lipinski definition) is 1. The number of amidine groups is 1. The Hall–Kier alpha value is -0.780. The Morgan fingerprint density at radius 1 is 1.22 bits per heavy atom. The minimum absolute atomic E-state index is 0.0918. The fourth-order valence-electron chi connectivity index (χ4n) is 1.84. The van der Waals surface area contributed by atoms with E-state index in [4.69, 9.17) is 23.2 Å². The number of halogens is 2. The van der Waals surface area contributed by atoms with E-state index < -0.39 is 10.0 Å². The lowest BCUT2D eigenvalue weighted by molar-refractivity contribution is -0.353. The van der Waals surface area contributed by atoms with Gasteiger partial charge in [0.05, 0.1) is 5.02 Å². The highest BCUT2D eigenvalue weighted by molar-refractivity contribution is 7.85. The largest absolute Gasteiger partial charge is 0.332 e. The van der Waals surface area contributed by atoms with Crippen molar-refractivity contribution in [1.82, 2.24) is 5.32 Å². The molecule has 0 amide bonds. The summed E-state index contributed by atoms with van der Waals surface area (Å²) in [4.78, 5) is 0.0918. The van der Waals surface area contributed by atoms with Crippen molar-refractivity contribution in [3.05, 3.63) is 27.7 Å². The monoisotopic (exact) mass is 307 g/mol. The molecule has 7 heteroatoms. The number of benzene rings is 1. The van der Waals surface area contributed by atoms with Crippen molar-refractivity contribution < 1.29 is 12.4 Å². The van der Waals surface area contributed by atoms with Gasteiger partial charge < -0.3 is 0 Å². The van der Waals surface area contributed by atoms with Crippen molar-refractivity contribution in [3.63, 3.8) is 0 Å². The second-order valence-corrected chi connectivity index (χ2v) is 6.77. The lowest BCUT2D eigenvalue weighted by atomic mass is 10.2. The first-order valence-electron chi connectivity index (χ1n) is 5.40. The predicted octanol–water partition coefficient (Wildman–Crippen LogP) is 2.02. The van der Waals surface area contributed by atoms with Crippen LogP contribution in [0.3, 0.4) is 0 Å². The topological polar surface area (TPSA) is 49.2 Å². The van der Waals surface area contributed by atoms with Gasteiger partial charge in [0.2, 0.25) is 0 Å². The molecule has 4 nitrogen and oxygen atoms in total. The third-order valence-corrected chi connectivity index (χ3v) is 5.61. The molecule has 0 radical (unpaired) electrons. The summed E-state index contributed by atoms with van der Waals surface area (Å²) < 4.78 is 26.3. The van der Waals surface area contributed by atoms with Crippen molar-refractivity contribution in [2.45, 2.75) is 18.7 Å². The van der Waals surface area contributed by atoms with Gasteiger partial charge in [-0.15, -0.1) is 3.98 Å². The summed E-state index contributed by atoms with van der Waals surface area (Å²) >= 11 is 11.9. The molecule has 0 aliphatic carbocycles. The van der Waals surface area contributed by atoms with Gasteiger partial charge in [0.15, 0.2) is 0 Å². The quantitative estimate of drug-likeness (QED) is 0.851. The highest BCUT2D eigenvalue weighted by atomic mass is 35.5. The standard InChI is InChI=1S/C11H12Cl2N2O2S/c1-7-5-11(10(13)6-9(7)12)18(16,17)15-4-3-14-8(15)2/h5-6H,3-4H2,1-2H3/p+1. The van der Waals surface area contributed by atoms with Crippen molar-refractivity contribution >= 4 is 39.1 Å². The number of sulfonamides is 1. The molecular weight excluding hydrogens is 295 g/mol.